The summed E-state index contributed by atoms with van der Waals surface area (Å²) in [5.41, 5.74) is 6.83. The highest BCUT2D eigenvalue weighted by Crippen LogP contribution is 2.31. The first kappa shape index (κ1) is 10.8. The maximum atomic E-state index is 6.11. The lowest BCUT2D eigenvalue weighted by molar-refractivity contribution is 0.340. The molecule has 2 aromatic rings. The number of benzene rings is 1. The van der Waals surface area contributed by atoms with Crippen molar-refractivity contribution < 1.29 is 9.26 Å². The number of aromatic nitrogens is 1. The smallest absolute Gasteiger partial charge is 0.222 e. The molecule has 1 heterocycles. The van der Waals surface area contributed by atoms with Gasteiger partial charge in [-0.05, 0) is 25.1 Å². The Labute approximate surface area is 97.9 Å². The summed E-state index contributed by atoms with van der Waals surface area (Å²) in [5, 5.41) is 4.35. The molecule has 0 aliphatic rings. The molecule has 16 heavy (non-hydrogen) atoms. The van der Waals surface area contributed by atoms with Gasteiger partial charge in [-0.3, -0.25) is 0 Å². The monoisotopic (exact) mass is 238 g/mol. The molecule has 0 bridgehead atoms. The van der Waals surface area contributed by atoms with Gasteiger partial charge >= 0.3 is 0 Å². The Morgan fingerprint density at radius 3 is 2.81 bits per heavy atom. The molecule has 0 amide bonds. The van der Waals surface area contributed by atoms with Gasteiger partial charge in [0.05, 0.1) is 11.6 Å². The van der Waals surface area contributed by atoms with E-state index in [-0.39, 0.29) is 5.88 Å². The summed E-state index contributed by atoms with van der Waals surface area (Å²) in [7, 11) is 0. The van der Waals surface area contributed by atoms with Gasteiger partial charge in [-0.2, -0.15) is 0 Å². The van der Waals surface area contributed by atoms with Crippen molar-refractivity contribution in [2.24, 2.45) is 0 Å². The number of anilines is 1. The highest BCUT2D eigenvalue weighted by molar-refractivity contribution is 6.33. The normalized spacial score (nSPS) is 10.4. The molecule has 0 aliphatic carbocycles. The molecule has 1 aromatic heterocycles. The lowest BCUT2D eigenvalue weighted by atomic mass is 10.1. The average Bonchev–Trinajstić information content (AvgIpc) is 2.65. The molecule has 2 rings (SSSR count). The summed E-state index contributed by atoms with van der Waals surface area (Å²) in [6.07, 6.45) is 0. The molecular weight excluding hydrogens is 228 g/mol. The molecular formula is C11H11ClN2O2. The molecule has 5 heteroatoms. The van der Waals surface area contributed by atoms with Crippen LogP contribution in [0.2, 0.25) is 5.02 Å². The highest BCUT2D eigenvalue weighted by Gasteiger charge is 2.09. The number of nitrogens with two attached hydrogens (primary N) is 1. The second kappa shape index (κ2) is 4.45. The third-order valence-electron chi connectivity index (χ3n) is 2.06. The van der Waals surface area contributed by atoms with Gasteiger partial charge in [0.25, 0.3) is 0 Å². The van der Waals surface area contributed by atoms with E-state index in [0.29, 0.717) is 17.3 Å². The Balaban J connectivity index is 2.36. The second-order valence-electron chi connectivity index (χ2n) is 3.19. The molecule has 0 radical (unpaired) electrons. The largest absolute Gasteiger partial charge is 0.494 e. The van der Waals surface area contributed by atoms with Gasteiger partial charge in [-0.15, -0.1) is 0 Å². The van der Waals surface area contributed by atoms with Gasteiger partial charge in [-0.25, -0.2) is 0 Å². The zero-order valence-electron chi connectivity index (χ0n) is 8.74. The average molecular weight is 239 g/mol. The van der Waals surface area contributed by atoms with Gasteiger partial charge in [0.15, 0.2) is 0 Å². The van der Waals surface area contributed by atoms with E-state index in [4.69, 9.17) is 26.6 Å². The maximum Gasteiger partial charge on any atom is 0.222 e. The van der Waals surface area contributed by atoms with Crippen LogP contribution in [-0.4, -0.2) is 11.8 Å². The van der Waals surface area contributed by atoms with Crippen molar-refractivity contribution in [3.8, 4) is 17.0 Å². The number of hydrogen-bond donors (Lipinski definition) is 1. The Kier molecular flexibility index (Phi) is 3.01. The van der Waals surface area contributed by atoms with Gasteiger partial charge in [-0.1, -0.05) is 16.8 Å². The predicted molar refractivity (Wildman–Crippen MR) is 62.5 cm³/mol. The third kappa shape index (κ3) is 2.12. The standard InChI is InChI=1S/C11H11ClN2O2/c1-2-15-7-3-4-8(9(12)5-7)10-6-11(13)16-14-10/h3-6H,2,13H2,1H3. The minimum atomic E-state index is 0.264. The first-order valence-corrected chi connectivity index (χ1v) is 5.23. The van der Waals surface area contributed by atoms with Crippen molar-refractivity contribution in [1.29, 1.82) is 0 Å². The molecule has 0 unspecified atom stereocenters. The molecule has 4 nitrogen and oxygen atoms in total. The first-order valence-electron chi connectivity index (χ1n) is 4.85. The summed E-state index contributed by atoms with van der Waals surface area (Å²) in [5.74, 6) is 0.993. The van der Waals surface area contributed by atoms with E-state index in [0.717, 1.165) is 11.3 Å². The van der Waals surface area contributed by atoms with E-state index < -0.39 is 0 Å². The van der Waals surface area contributed by atoms with Crippen molar-refractivity contribution in [2.45, 2.75) is 6.92 Å². The molecule has 0 spiro atoms. The molecule has 0 atom stereocenters. The molecule has 0 aliphatic heterocycles. The van der Waals surface area contributed by atoms with Crippen molar-refractivity contribution in [2.75, 3.05) is 12.3 Å². The fraction of sp³-hybridized carbons (Fsp3) is 0.182. The minimum absolute atomic E-state index is 0.264. The van der Waals surface area contributed by atoms with E-state index in [1.807, 2.05) is 19.1 Å². The van der Waals surface area contributed by atoms with Crippen LogP contribution in [0.15, 0.2) is 28.8 Å². The zero-order valence-corrected chi connectivity index (χ0v) is 9.49. The van der Waals surface area contributed by atoms with Crippen LogP contribution in [0.3, 0.4) is 0 Å². The Morgan fingerprint density at radius 1 is 1.44 bits per heavy atom. The van der Waals surface area contributed by atoms with Crippen LogP contribution in [0.5, 0.6) is 5.75 Å². The second-order valence-corrected chi connectivity index (χ2v) is 3.60. The van der Waals surface area contributed by atoms with Crippen LogP contribution in [0.25, 0.3) is 11.3 Å². The van der Waals surface area contributed by atoms with Crippen LogP contribution >= 0.6 is 11.6 Å². The van der Waals surface area contributed by atoms with Crippen LogP contribution in [0, 0.1) is 0 Å². The van der Waals surface area contributed by atoms with Gasteiger partial charge in [0.2, 0.25) is 5.88 Å². The Bertz CT molecular complexity index is 496. The van der Waals surface area contributed by atoms with Gasteiger partial charge in [0.1, 0.15) is 11.4 Å². The highest BCUT2D eigenvalue weighted by atomic mass is 35.5. The number of halogens is 1. The van der Waals surface area contributed by atoms with Crippen molar-refractivity contribution in [3.05, 3.63) is 29.3 Å². The first-order chi connectivity index (χ1) is 7.70. The summed E-state index contributed by atoms with van der Waals surface area (Å²) in [4.78, 5) is 0. The van der Waals surface area contributed by atoms with Crippen molar-refractivity contribution >= 4 is 17.5 Å². The van der Waals surface area contributed by atoms with E-state index in [2.05, 4.69) is 5.16 Å². The summed E-state index contributed by atoms with van der Waals surface area (Å²) >= 11 is 6.11. The fourth-order valence-electron chi connectivity index (χ4n) is 1.38. The SMILES string of the molecule is CCOc1ccc(-c2cc(N)on2)c(Cl)c1. The van der Waals surface area contributed by atoms with Crippen molar-refractivity contribution in [1.82, 2.24) is 5.16 Å². The van der Waals surface area contributed by atoms with Crippen LogP contribution < -0.4 is 10.5 Å². The number of nitrogen functional groups attached to an aromatic ring is 1. The van der Waals surface area contributed by atoms with Crippen LogP contribution in [0.4, 0.5) is 5.88 Å². The lowest BCUT2D eigenvalue weighted by Crippen LogP contribution is -1.91. The van der Waals surface area contributed by atoms with Crippen LogP contribution in [-0.2, 0) is 0 Å². The molecule has 0 saturated carbocycles. The molecule has 84 valence electrons. The predicted octanol–water partition coefficient (Wildman–Crippen LogP) is 2.98. The van der Waals surface area contributed by atoms with E-state index in [1.54, 1.807) is 12.1 Å². The summed E-state index contributed by atoms with van der Waals surface area (Å²) < 4.78 is 10.1. The maximum absolute atomic E-state index is 6.11. The molecule has 0 fully saturated rings. The lowest BCUT2D eigenvalue weighted by Gasteiger charge is -2.05. The Morgan fingerprint density at radius 2 is 2.25 bits per heavy atom. The number of ether oxygens (including phenoxy) is 1. The summed E-state index contributed by atoms with van der Waals surface area (Å²) in [6, 6.07) is 7.02. The fourth-order valence-corrected chi connectivity index (χ4v) is 1.64. The van der Waals surface area contributed by atoms with E-state index >= 15 is 0 Å². The van der Waals surface area contributed by atoms with Crippen molar-refractivity contribution in [3.63, 3.8) is 0 Å². The molecule has 2 N–H and O–H groups in total. The number of nitrogens with zero attached hydrogens (tertiary/aromatic N) is 1. The third-order valence-corrected chi connectivity index (χ3v) is 2.37. The van der Waals surface area contributed by atoms with Gasteiger partial charge < -0.3 is 15.0 Å². The summed E-state index contributed by atoms with van der Waals surface area (Å²) in [6.45, 7) is 2.52. The quantitative estimate of drug-likeness (QED) is 0.893. The molecule has 0 saturated heterocycles. The topological polar surface area (TPSA) is 61.3 Å². The minimum Gasteiger partial charge on any atom is -0.494 e. The van der Waals surface area contributed by atoms with Crippen LogP contribution in [0.1, 0.15) is 6.92 Å². The molecule has 1 aromatic carbocycles. The van der Waals surface area contributed by atoms with Gasteiger partial charge in [0, 0.05) is 11.6 Å². The number of rotatable bonds is 3. The van der Waals surface area contributed by atoms with E-state index in [9.17, 15) is 0 Å². The Hall–Kier alpha value is -1.68. The zero-order chi connectivity index (χ0) is 11.5. The number of hydrogen-bond acceptors (Lipinski definition) is 4. The van der Waals surface area contributed by atoms with E-state index in [1.165, 1.54) is 0 Å².